The highest BCUT2D eigenvalue weighted by molar-refractivity contribution is 5.84. The standard InChI is InChI=1S/C23H31FN2O2/c1-15(3-4-17-5-7-20(24)8-6-17)25-21(28)22-10-18-9-19(11-22)13-23(12-18,14-22)26-16(2)27/h5-8,15,18-19H,3-4,9-14H2,1-2H3,(H,25,28)(H,26,27)/t15-,18-,19+,22?,23?/m0/s1. The van der Waals surface area contributed by atoms with Crippen LogP contribution in [0, 0.1) is 23.1 Å². The van der Waals surface area contributed by atoms with Gasteiger partial charge < -0.3 is 10.6 Å². The van der Waals surface area contributed by atoms with E-state index in [1.807, 2.05) is 6.92 Å². The lowest BCUT2D eigenvalue weighted by Gasteiger charge is -2.61. The molecule has 5 rings (SSSR count). The average molecular weight is 387 g/mol. The molecule has 0 spiro atoms. The maximum atomic E-state index is 13.3. The topological polar surface area (TPSA) is 58.2 Å². The SMILES string of the molecule is CC(=O)NC12C[C@H]3C[C@@H](C1)CC(C(=O)N[C@@H](C)CCc1ccc(F)cc1)(C3)C2. The van der Waals surface area contributed by atoms with Crippen molar-refractivity contribution in [2.24, 2.45) is 17.3 Å². The zero-order valence-corrected chi connectivity index (χ0v) is 16.9. The maximum absolute atomic E-state index is 13.3. The zero-order chi connectivity index (χ0) is 19.9. The fourth-order valence-electron chi connectivity index (χ4n) is 6.53. The van der Waals surface area contributed by atoms with Gasteiger partial charge >= 0.3 is 0 Å². The van der Waals surface area contributed by atoms with Crippen molar-refractivity contribution in [2.45, 2.75) is 76.8 Å². The van der Waals surface area contributed by atoms with Crippen LogP contribution in [0.2, 0.25) is 0 Å². The highest BCUT2D eigenvalue weighted by Gasteiger charge is 2.60. The Kier molecular flexibility index (Phi) is 4.96. The molecule has 4 aliphatic carbocycles. The van der Waals surface area contributed by atoms with E-state index in [2.05, 4.69) is 10.6 Å². The minimum Gasteiger partial charge on any atom is -0.353 e. The maximum Gasteiger partial charge on any atom is 0.226 e. The summed E-state index contributed by atoms with van der Waals surface area (Å²) in [4.78, 5) is 25.1. The lowest BCUT2D eigenvalue weighted by Crippen LogP contribution is -2.66. The number of halogens is 1. The van der Waals surface area contributed by atoms with Crippen molar-refractivity contribution in [3.63, 3.8) is 0 Å². The van der Waals surface area contributed by atoms with Crippen LogP contribution in [0.5, 0.6) is 0 Å². The van der Waals surface area contributed by atoms with Crippen molar-refractivity contribution in [3.8, 4) is 0 Å². The van der Waals surface area contributed by atoms with Crippen molar-refractivity contribution in [1.29, 1.82) is 0 Å². The second-order valence-corrected chi connectivity index (χ2v) is 9.74. The van der Waals surface area contributed by atoms with Gasteiger partial charge in [0.2, 0.25) is 11.8 Å². The van der Waals surface area contributed by atoms with E-state index in [-0.39, 0.29) is 34.6 Å². The van der Waals surface area contributed by atoms with Crippen LogP contribution in [0.25, 0.3) is 0 Å². The van der Waals surface area contributed by atoms with Gasteiger partial charge in [0.15, 0.2) is 0 Å². The molecular formula is C23H31FN2O2. The van der Waals surface area contributed by atoms with E-state index in [4.69, 9.17) is 0 Å². The molecule has 0 aliphatic heterocycles. The monoisotopic (exact) mass is 386 g/mol. The zero-order valence-electron chi connectivity index (χ0n) is 16.9. The largest absolute Gasteiger partial charge is 0.353 e. The third-order valence-electron chi connectivity index (χ3n) is 7.14. The summed E-state index contributed by atoms with van der Waals surface area (Å²) in [6.07, 6.45) is 7.60. The molecule has 0 aromatic heterocycles. The molecule has 152 valence electrons. The summed E-state index contributed by atoms with van der Waals surface area (Å²) in [5, 5.41) is 6.49. The number of hydrogen-bond donors (Lipinski definition) is 2. The summed E-state index contributed by atoms with van der Waals surface area (Å²) in [5.74, 6) is 1.06. The normalized spacial score (nSPS) is 34.1. The predicted octanol–water partition coefficient (Wildman–Crippen LogP) is 3.74. The van der Waals surface area contributed by atoms with Crippen molar-refractivity contribution in [1.82, 2.24) is 10.6 Å². The van der Waals surface area contributed by atoms with Crippen molar-refractivity contribution < 1.29 is 14.0 Å². The molecule has 5 heteroatoms. The Bertz CT molecular complexity index is 746. The van der Waals surface area contributed by atoms with Crippen molar-refractivity contribution in [3.05, 3.63) is 35.6 Å². The van der Waals surface area contributed by atoms with E-state index in [9.17, 15) is 14.0 Å². The molecule has 2 N–H and O–H groups in total. The van der Waals surface area contributed by atoms with Gasteiger partial charge in [0.05, 0.1) is 5.41 Å². The molecule has 28 heavy (non-hydrogen) atoms. The van der Waals surface area contributed by atoms with Gasteiger partial charge in [0, 0.05) is 18.5 Å². The Morgan fingerprint density at radius 3 is 2.39 bits per heavy atom. The first kappa shape index (κ1) is 19.4. The van der Waals surface area contributed by atoms with Crippen LogP contribution in [0.3, 0.4) is 0 Å². The van der Waals surface area contributed by atoms with E-state index in [1.54, 1.807) is 19.1 Å². The van der Waals surface area contributed by atoms with Crippen LogP contribution < -0.4 is 10.6 Å². The highest BCUT2D eigenvalue weighted by Crippen LogP contribution is 2.61. The number of hydrogen-bond acceptors (Lipinski definition) is 2. The van der Waals surface area contributed by atoms with E-state index < -0.39 is 0 Å². The summed E-state index contributed by atoms with van der Waals surface area (Å²) in [6.45, 7) is 3.63. The quantitative estimate of drug-likeness (QED) is 0.783. The van der Waals surface area contributed by atoms with Gasteiger partial charge in [-0.3, -0.25) is 9.59 Å². The van der Waals surface area contributed by atoms with Crippen LogP contribution >= 0.6 is 0 Å². The third kappa shape index (κ3) is 3.81. The molecule has 1 aromatic carbocycles. The smallest absolute Gasteiger partial charge is 0.226 e. The van der Waals surface area contributed by atoms with E-state index in [0.717, 1.165) is 50.5 Å². The fraction of sp³-hybridized carbons (Fsp3) is 0.652. The summed E-state index contributed by atoms with van der Waals surface area (Å²) >= 11 is 0. The summed E-state index contributed by atoms with van der Waals surface area (Å²) in [7, 11) is 0. The van der Waals surface area contributed by atoms with Crippen LogP contribution in [0.1, 0.15) is 64.4 Å². The van der Waals surface area contributed by atoms with Crippen molar-refractivity contribution in [2.75, 3.05) is 0 Å². The van der Waals surface area contributed by atoms with E-state index in [1.165, 1.54) is 18.6 Å². The lowest BCUT2D eigenvalue weighted by atomic mass is 9.46. The highest BCUT2D eigenvalue weighted by atomic mass is 19.1. The lowest BCUT2D eigenvalue weighted by molar-refractivity contribution is -0.153. The van der Waals surface area contributed by atoms with Crippen molar-refractivity contribution >= 4 is 11.8 Å². The molecule has 4 fully saturated rings. The predicted molar refractivity (Wildman–Crippen MR) is 106 cm³/mol. The molecule has 4 bridgehead atoms. The molecule has 2 amide bonds. The third-order valence-corrected chi connectivity index (χ3v) is 7.14. The van der Waals surface area contributed by atoms with E-state index >= 15 is 0 Å². The average Bonchev–Trinajstić information content (AvgIpc) is 2.59. The Labute approximate surface area is 166 Å². The number of carbonyl (C=O) groups is 2. The summed E-state index contributed by atoms with van der Waals surface area (Å²) < 4.78 is 13.0. The molecule has 5 atom stereocenters. The Hall–Kier alpha value is -1.91. The van der Waals surface area contributed by atoms with Gasteiger partial charge in [-0.1, -0.05) is 12.1 Å². The molecule has 0 heterocycles. The van der Waals surface area contributed by atoms with Gasteiger partial charge in [-0.2, -0.15) is 0 Å². The van der Waals surface area contributed by atoms with Crippen LogP contribution in [-0.2, 0) is 16.0 Å². The number of aryl methyl sites for hydroxylation is 1. The first-order valence-corrected chi connectivity index (χ1v) is 10.6. The van der Waals surface area contributed by atoms with Crippen LogP contribution in [0.15, 0.2) is 24.3 Å². The first-order valence-electron chi connectivity index (χ1n) is 10.6. The number of nitrogens with one attached hydrogen (secondary N) is 2. The summed E-state index contributed by atoms with van der Waals surface area (Å²) in [5.41, 5.74) is 0.586. The Morgan fingerprint density at radius 1 is 1.14 bits per heavy atom. The number of amides is 2. The number of benzene rings is 1. The van der Waals surface area contributed by atoms with Crippen LogP contribution in [-0.4, -0.2) is 23.4 Å². The minimum atomic E-state index is -0.323. The minimum absolute atomic E-state index is 0.0187. The fourth-order valence-corrected chi connectivity index (χ4v) is 6.53. The number of carbonyl (C=O) groups excluding carboxylic acids is 2. The van der Waals surface area contributed by atoms with Gasteiger partial charge in [0.25, 0.3) is 0 Å². The van der Waals surface area contributed by atoms with Gasteiger partial charge in [-0.15, -0.1) is 0 Å². The first-order chi connectivity index (χ1) is 13.3. The molecule has 4 aliphatic rings. The van der Waals surface area contributed by atoms with Gasteiger partial charge in [-0.05, 0) is 87.8 Å². The molecule has 0 saturated heterocycles. The summed E-state index contributed by atoms with van der Waals surface area (Å²) in [6, 6.07) is 6.65. The Morgan fingerprint density at radius 2 is 1.79 bits per heavy atom. The number of rotatable bonds is 6. The van der Waals surface area contributed by atoms with Gasteiger partial charge in [0.1, 0.15) is 5.82 Å². The molecule has 4 saturated carbocycles. The molecule has 0 radical (unpaired) electrons. The second kappa shape index (κ2) is 7.16. The second-order valence-electron chi connectivity index (χ2n) is 9.74. The molecule has 1 aromatic rings. The van der Waals surface area contributed by atoms with E-state index in [0.29, 0.717) is 11.8 Å². The molecule has 2 unspecified atom stereocenters. The molecular weight excluding hydrogens is 355 g/mol. The van der Waals surface area contributed by atoms with Crippen LogP contribution in [0.4, 0.5) is 4.39 Å². The molecule has 4 nitrogen and oxygen atoms in total. The Balaban J connectivity index is 1.39. The van der Waals surface area contributed by atoms with Gasteiger partial charge in [-0.25, -0.2) is 4.39 Å².